The summed E-state index contributed by atoms with van der Waals surface area (Å²) >= 11 is 0. The summed E-state index contributed by atoms with van der Waals surface area (Å²) in [5, 5.41) is 8.53. The molecular formula is C16H14N4. The minimum atomic E-state index is 0.811. The number of fused-ring (bicyclic) bond motifs is 2. The largest absolute Gasteiger partial charge is 0.337 e. The van der Waals surface area contributed by atoms with E-state index in [1.807, 2.05) is 18.2 Å². The second-order valence-electron chi connectivity index (χ2n) is 5.18. The number of imidazole rings is 1. The molecule has 0 amide bonds. The predicted octanol–water partition coefficient (Wildman–Crippen LogP) is 3.72. The number of aromatic amines is 2. The predicted molar refractivity (Wildman–Crippen MR) is 80.7 cm³/mol. The Bertz CT molecular complexity index is 930. The van der Waals surface area contributed by atoms with Crippen molar-refractivity contribution in [3.8, 4) is 11.5 Å². The molecule has 0 aliphatic heterocycles. The van der Waals surface area contributed by atoms with Gasteiger partial charge >= 0.3 is 0 Å². The van der Waals surface area contributed by atoms with Crippen LogP contribution in [0.1, 0.15) is 11.1 Å². The van der Waals surface area contributed by atoms with Gasteiger partial charge < -0.3 is 4.98 Å². The van der Waals surface area contributed by atoms with Crippen LogP contribution in [0.5, 0.6) is 0 Å². The van der Waals surface area contributed by atoms with Crippen molar-refractivity contribution in [3.63, 3.8) is 0 Å². The Labute approximate surface area is 115 Å². The van der Waals surface area contributed by atoms with Crippen molar-refractivity contribution < 1.29 is 0 Å². The van der Waals surface area contributed by atoms with E-state index in [-0.39, 0.29) is 0 Å². The molecule has 0 spiro atoms. The van der Waals surface area contributed by atoms with Crippen molar-refractivity contribution in [2.45, 2.75) is 13.8 Å². The molecule has 2 aromatic heterocycles. The highest BCUT2D eigenvalue weighted by Gasteiger charge is 2.13. The second-order valence-corrected chi connectivity index (χ2v) is 5.18. The molecule has 0 aliphatic rings. The standard InChI is InChI=1S/C16H14N4/c1-9-7-10(2)14-13(8-9)17-16(18-14)15-11-5-3-4-6-12(11)19-20-15/h3-8H,1-2H3,(H,17,18)(H,19,20). The molecule has 2 heterocycles. The van der Waals surface area contributed by atoms with E-state index in [2.05, 4.69) is 47.2 Å². The summed E-state index contributed by atoms with van der Waals surface area (Å²) in [4.78, 5) is 8.09. The van der Waals surface area contributed by atoms with E-state index in [0.29, 0.717) is 0 Å². The number of hydrogen-bond acceptors (Lipinski definition) is 2. The van der Waals surface area contributed by atoms with Crippen LogP contribution < -0.4 is 0 Å². The van der Waals surface area contributed by atoms with Crippen molar-refractivity contribution in [1.82, 2.24) is 20.2 Å². The van der Waals surface area contributed by atoms with Crippen molar-refractivity contribution >= 4 is 21.9 Å². The molecule has 0 radical (unpaired) electrons. The molecule has 2 aromatic carbocycles. The van der Waals surface area contributed by atoms with Crippen LogP contribution in [0.25, 0.3) is 33.5 Å². The Hall–Kier alpha value is -2.62. The Morgan fingerprint density at radius 3 is 2.75 bits per heavy atom. The molecular weight excluding hydrogens is 248 g/mol. The second kappa shape index (κ2) is 3.93. The summed E-state index contributed by atoms with van der Waals surface area (Å²) in [7, 11) is 0. The van der Waals surface area contributed by atoms with Gasteiger partial charge in [0.15, 0.2) is 5.82 Å². The topological polar surface area (TPSA) is 57.4 Å². The monoisotopic (exact) mass is 262 g/mol. The smallest absolute Gasteiger partial charge is 0.159 e. The molecule has 0 saturated carbocycles. The third-order valence-electron chi connectivity index (χ3n) is 3.62. The van der Waals surface area contributed by atoms with E-state index in [9.17, 15) is 0 Å². The summed E-state index contributed by atoms with van der Waals surface area (Å²) < 4.78 is 0. The average molecular weight is 262 g/mol. The molecule has 0 saturated heterocycles. The zero-order chi connectivity index (χ0) is 13.7. The molecule has 0 atom stereocenters. The molecule has 4 heteroatoms. The number of para-hydroxylation sites is 1. The first-order valence-electron chi connectivity index (χ1n) is 6.63. The van der Waals surface area contributed by atoms with Gasteiger partial charge in [-0.25, -0.2) is 4.98 Å². The highest BCUT2D eigenvalue weighted by Crippen LogP contribution is 2.27. The summed E-state index contributed by atoms with van der Waals surface area (Å²) in [5.41, 5.74) is 6.38. The van der Waals surface area contributed by atoms with E-state index in [1.165, 1.54) is 11.1 Å². The van der Waals surface area contributed by atoms with Gasteiger partial charge in [0.05, 0.1) is 16.6 Å². The molecule has 20 heavy (non-hydrogen) atoms. The van der Waals surface area contributed by atoms with Gasteiger partial charge in [-0.2, -0.15) is 5.10 Å². The first-order valence-corrected chi connectivity index (χ1v) is 6.63. The van der Waals surface area contributed by atoms with Crippen LogP contribution in [0.2, 0.25) is 0 Å². The summed E-state index contributed by atoms with van der Waals surface area (Å²) in [6.07, 6.45) is 0. The molecule has 0 aliphatic carbocycles. The van der Waals surface area contributed by atoms with Crippen LogP contribution in [0, 0.1) is 13.8 Å². The van der Waals surface area contributed by atoms with Gasteiger partial charge in [0.1, 0.15) is 5.69 Å². The fourth-order valence-corrected chi connectivity index (χ4v) is 2.73. The normalized spacial score (nSPS) is 11.5. The molecule has 4 nitrogen and oxygen atoms in total. The maximum Gasteiger partial charge on any atom is 0.159 e. The lowest BCUT2D eigenvalue weighted by molar-refractivity contribution is 1.10. The zero-order valence-electron chi connectivity index (χ0n) is 11.4. The van der Waals surface area contributed by atoms with Crippen LogP contribution >= 0.6 is 0 Å². The third kappa shape index (κ3) is 1.54. The van der Waals surface area contributed by atoms with Crippen LogP contribution in [0.4, 0.5) is 0 Å². The summed E-state index contributed by atoms with van der Waals surface area (Å²) in [6, 6.07) is 12.3. The number of hydrogen-bond donors (Lipinski definition) is 2. The van der Waals surface area contributed by atoms with Crippen molar-refractivity contribution in [2.75, 3.05) is 0 Å². The zero-order valence-corrected chi connectivity index (χ0v) is 11.4. The molecule has 0 unspecified atom stereocenters. The Balaban J connectivity index is 2.01. The molecule has 98 valence electrons. The molecule has 0 fully saturated rings. The summed E-state index contributed by atoms with van der Waals surface area (Å²) in [6.45, 7) is 4.18. The average Bonchev–Trinajstić information content (AvgIpc) is 3.01. The highest BCUT2D eigenvalue weighted by atomic mass is 15.1. The lowest BCUT2D eigenvalue weighted by atomic mass is 10.1. The quantitative estimate of drug-likeness (QED) is 0.549. The van der Waals surface area contributed by atoms with Crippen molar-refractivity contribution in [3.05, 3.63) is 47.5 Å². The van der Waals surface area contributed by atoms with Gasteiger partial charge in [0.2, 0.25) is 0 Å². The van der Waals surface area contributed by atoms with Crippen LogP contribution in [-0.2, 0) is 0 Å². The number of aryl methyl sites for hydroxylation is 2. The molecule has 2 N–H and O–H groups in total. The van der Waals surface area contributed by atoms with E-state index in [1.54, 1.807) is 0 Å². The Morgan fingerprint density at radius 2 is 1.85 bits per heavy atom. The number of aromatic nitrogens is 4. The maximum absolute atomic E-state index is 4.71. The number of nitrogens with one attached hydrogen (secondary N) is 2. The number of benzene rings is 2. The molecule has 0 bridgehead atoms. The van der Waals surface area contributed by atoms with Gasteiger partial charge in [0, 0.05) is 5.39 Å². The van der Waals surface area contributed by atoms with Gasteiger partial charge in [0.25, 0.3) is 0 Å². The highest BCUT2D eigenvalue weighted by molar-refractivity contribution is 5.93. The number of H-pyrrole nitrogens is 2. The maximum atomic E-state index is 4.71. The Kier molecular flexibility index (Phi) is 2.21. The third-order valence-corrected chi connectivity index (χ3v) is 3.62. The summed E-state index contributed by atoms with van der Waals surface area (Å²) in [5.74, 6) is 0.811. The number of nitrogens with zero attached hydrogens (tertiary/aromatic N) is 2. The lowest BCUT2D eigenvalue weighted by Gasteiger charge is -1.96. The van der Waals surface area contributed by atoms with Crippen molar-refractivity contribution in [2.24, 2.45) is 0 Å². The van der Waals surface area contributed by atoms with Gasteiger partial charge in [-0.1, -0.05) is 24.3 Å². The van der Waals surface area contributed by atoms with Gasteiger partial charge in [-0.3, -0.25) is 5.10 Å². The Morgan fingerprint density at radius 1 is 1.00 bits per heavy atom. The molecule has 4 aromatic rings. The lowest BCUT2D eigenvalue weighted by Crippen LogP contribution is -1.81. The van der Waals surface area contributed by atoms with Crippen LogP contribution in [-0.4, -0.2) is 20.2 Å². The first kappa shape index (κ1) is 11.2. The minimum Gasteiger partial charge on any atom is -0.337 e. The van der Waals surface area contributed by atoms with E-state index in [4.69, 9.17) is 4.98 Å². The van der Waals surface area contributed by atoms with Crippen LogP contribution in [0.15, 0.2) is 36.4 Å². The van der Waals surface area contributed by atoms with E-state index >= 15 is 0 Å². The molecule has 4 rings (SSSR count). The van der Waals surface area contributed by atoms with E-state index < -0.39 is 0 Å². The van der Waals surface area contributed by atoms with Gasteiger partial charge in [-0.15, -0.1) is 0 Å². The fraction of sp³-hybridized carbons (Fsp3) is 0.125. The first-order chi connectivity index (χ1) is 9.72. The SMILES string of the molecule is Cc1cc(C)c2nc(-c3n[nH]c4ccccc34)[nH]c2c1. The van der Waals surface area contributed by atoms with Gasteiger partial charge in [-0.05, 0) is 37.1 Å². The van der Waals surface area contributed by atoms with Crippen LogP contribution in [0.3, 0.4) is 0 Å². The van der Waals surface area contributed by atoms with E-state index in [0.717, 1.165) is 33.5 Å². The van der Waals surface area contributed by atoms with Crippen molar-refractivity contribution in [1.29, 1.82) is 0 Å². The number of rotatable bonds is 1. The minimum absolute atomic E-state index is 0.811. The fourth-order valence-electron chi connectivity index (χ4n) is 2.73.